The Balaban J connectivity index is 1.36. The molecule has 1 heterocycles. The summed E-state index contributed by atoms with van der Waals surface area (Å²) in [7, 11) is 2.19. The van der Waals surface area contributed by atoms with Gasteiger partial charge in [0.05, 0.1) is 11.6 Å². The molecule has 1 fully saturated rings. The maximum absolute atomic E-state index is 8.99. The summed E-state index contributed by atoms with van der Waals surface area (Å²) in [5.41, 5.74) is 2.89. The average molecular weight is 379 g/mol. The van der Waals surface area contributed by atoms with Gasteiger partial charge in [-0.15, -0.1) is 0 Å². The molecule has 1 aliphatic rings. The minimum absolute atomic E-state index is 0.470. The van der Waals surface area contributed by atoms with Crippen molar-refractivity contribution < 1.29 is 4.74 Å². The van der Waals surface area contributed by atoms with Crippen molar-refractivity contribution in [2.45, 2.75) is 19.6 Å². The van der Waals surface area contributed by atoms with Crippen molar-refractivity contribution in [2.75, 3.05) is 46.3 Å². The van der Waals surface area contributed by atoms with E-state index in [0.29, 0.717) is 12.2 Å². The highest BCUT2D eigenvalue weighted by molar-refractivity contribution is 5.33. The Bertz CT molecular complexity index is 778. The van der Waals surface area contributed by atoms with Crippen molar-refractivity contribution in [3.05, 3.63) is 65.2 Å². The molecule has 0 aromatic heterocycles. The number of nitrogens with zero attached hydrogens (tertiary/aromatic N) is 3. The van der Waals surface area contributed by atoms with Crippen molar-refractivity contribution in [3.8, 4) is 11.8 Å². The van der Waals surface area contributed by atoms with Crippen LogP contribution in [0.5, 0.6) is 5.75 Å². The molecule has 2 aromatic rings. The first-order valence-electron chi connectivity index (χ1n) is 10.1. The summed E-state index contributed by atoms with van der Waals surface area (Å²) < 4.78 is 5.90. The number of likely N-dealkylation sites (N-methyl/N-ethyl adjacent to an activating group) is 1. The van der Waals surface area contributed by atoms with Crippen LogP contribution < -0.4 is 10.1 Å². The van der Waals surface area contributed by atoms with Gasteiger partial charge in [0.1, 0.15) is 12.4 Å². The first kappa shape index (κ1) is 20.3. The Morgan fingerprint density at radius 1 is 1.04 bits per heavy atom. The number of benzene rings is 2. The fraction of sp³-hybridized carbons (Fsp3) is 0.435. The zero-order valence-electron chi connectivity index (χ0n) is 16.7. The topological polar surface area (TPSA) is 51.5 Å². The summed E-state index contributed by atoms with van der Waals surface area (Å²) in [5.74, 6) is 0.860. The number of nitriles is 1. The Hall–Kier alpha value is -2.39. The van der Waals surface area contributed by atoms with E-state index in [1.807, 2.05) is 30.3 Å². The van der Waals surface area contributed by atoms with Gasteiger partial charge in [-0.05, 0) is 62.0 Å². The molecule has 148 valence electrons. The molecular formula is C23H30N4O. The monoisotopic (exact) mass is 378 g/mol. The molecular weight excluding hydrogens is 348 g/mol. The van der Waals surface area contributed by atoms with Crippen LogP contribution >= 0.6 is 0 Å². The van der Waals surface area contributed by atoms with Crippen LogP contribution in [-0.4, -0.2) is 56.1 Å². The molecule has 1 saturated heterocycles. The average Bonchev–Trinajstić information content (AvgIpc) is 2.74. The number of piperazine rings is 1. The molecule has 1 N–H and O–H groups in total. The lowest BCUT2D eigenvalue weighted by molar-refractivity contribution is 0.153. The minimum atomic E-state index is 0.470. The molecule has 2 aromatic carbocycles. The molecule has 0 atom stereocenters. The summed E-state index contributed by atoms with van der Waals surface area (Å²) in [6.07, 6.45) is 1.18. The van der Waals surface area contributed by atoms with Gasteiger partial charge in [-0.1, -0.05) is 24.3 Å². The second-order valence-corrected chi connectivity index (χ2v) is 7.42. The van der Waals surface area contributed by atoms with Gasteiger partial charge in [0.15, 0.2) is 0 Å². The summed E-state index contributed by atoms with van der Waals surface area (Å²) in [6, 6.07) is 17.9. The number of hydrogen-bond acceptors (Lipinski definition) is 5. The van der Waals surface area contributed by atoms with Gasteiger partial charge in [0.2, 0.25) is 0 Å². The minimum Gasteiger partial charge on any atom is -0.489 e. The summed E-state index contributed by atoms with van der Waals surface area (Å²) in [6.45, 7) is 8.26. The van der Waals surface area contributed by atoms with Crippen LogP contribution in [0, 0.1) is 11.3 Å². The highest BCUT2D eigenvalue weighted by atomic mass is 16.5. The Morgan fingerprint density at radius 3 is 2.64 bits per heavy atom. The maximum atomic E-state index is 8.99. The normalized spacial score (nSPS) is 15.3. The van der Waals surface area contributed by atoms with Gasteiger partial charge >= 0.3 is 0 Å². The van der Waals surface area contributed by atoms with Crippen molar-refractivity contribution in [2.24, 2.45) is 0 Å². The molecule has 28 heavy (non-hydrogen) atoms. The smallest absolute Gasteiger partial charge is 0.120 e. The van der Waals surface area contributed by atoms with Crippen LogP contribution in [-0.2, 0) is 13.2 Å². The Kier molecular flexibility index (Phi) is 7.86. The van der Waals surface area contributed by atoms with Crippen molar-refractivity contribution in [3.63, 3.8) is 0 Å². The molecule has 0 saturated carbocycles. The van der Waals surface area contributed by atoms with Gasteiger partial charge in [-0.2, -0.15) is 5.26 Å². The Labute approximate surface area is 168 Å². The predicted octanol–water partition coefficient (Wildman–Crippen LogP) is 2.86. The van der Waals surface area contributed by atoms with Gasteiger partial charge < -0.3 is 19.9 Å². The fourth-order valence-corrected chi connectivity index (χ4v) is 3.37. The van der Waals surface area contributed by atoms with Crippen molar-refractivity contribution in [1.82, 2.24) is 15.1 Å². The molecule has 0 aliphatic carbocycles. The van der Waals surface area contributed by atoms with Crippen LogP contribution in [0.25, 0.3) is 0 Å². The van der Waals surface area contributed by atoms with E-state index < -0.39 is 0 Å². The van der Waals surface area contributed by atoms with Crippen LogP contribution in [0.1, 0.15) is 23.1 Å². The molecule has 5 heteroatoms. The Morgan fingerprint density at radius 2 is 1.82 bits per heavy atom. The van der Waals surface area contributed by atoms with Gasteiger partial charge in [0.25, 0.3) is 0 Å². The number of nitrogens with one attached hydrogen (secondary N) is 1. The van der Waals surface area contributed by atoms with Crippen LogP contribution in [0.3, 0.4) is 0 Å². The molecule has 0 amide bonds. The molecule has 3 rings (SSSR count). The lowest BCUT2D eigenvalue weighted by atomic mass is 10.1. The fourth-order valence-electron chi connectivity index (χ4n) is 3.37. The SMILES string of the molecule is CN1CCN(CCCNCc2cccc(OCc3cccc(C#N)c3)c2)CC1. The number of ether oxygens (including phenoxy) is 1. The van der Waals surface area contributed by atoms with E-state index in [2.05, 4.69) is 40.4 Å². The van der Waals surface area contributed by atoms with E-state index in [1.54, 1.807) is 6.07 Å². The van der Waals surface area contributed by atoms with Crippen LogP contribution in [0.4, 0.5) is 0 Å². The van der Waals surface area contributed by atoms with Crippen molar-refractivity contribution in [1.29, 1.82) is 5.26 Å². The zero-order chi connectivity index (χ0) is 19.6. The molecule has 1 aliphatic heterocycles. The van der Waals surface area contributed by atoms with Gasteiger partial charge in [-0.25, -0.2) is 0 Å². The summed E-state index contributed by atoms with van der Waals surface area (Å²) in [5, 5.41) is 12.5. The number of rotatable bonds is 9. The van der Waals surface area contributed by atoms with E-state index in [-0.39, 0.29) is 0 Å². The third kappa shape index (κ3) is 6.65. The van der Waals surface area contributed by atoms with Gasteiger partial charge in [-0.3, -0.25) is 0 Å². The lowest BCUT2D eigenvalue weighted by Gasteiger charge is -2.32. The maximum Gasteiger partial charge on any atom is 0.120 e. The summed E-state index contributed by atoms with van der Waals surface area (Å²) in [4.78, 5) is 4.95. The van der Waals surface area contributed by atoms with E-state index in [9.17, 15) is 0 Å². The zero-order valence-corrected chi connectivity index (χ0v) is 16.7. The van der Waals surface area contributed by atoms with Crippen LogP contribution in [0.2, 0.25) is 0 Å². The number of hydrogen-bond donors (Lipinski definition) is 1. The van der Waals surface area contributed by atoms with E-state index in [0.717, 1.165) is 24.4 Å². The third-order valence-corrected chi connectivity index (χ3v) is 5.11. The first-order chi connectivity index (χ1) is 13.7. The molecule has 0 radical (unpaired) electrons. The molecule has 0 unspecified atom stereocenters. The van der Waals surface area contributed by atoms with E-state index >= 15 is 0 Å². The summed E-state index contributed by atoms with van der Waals surface area (Å²) >= 11 is 0. The highest BCUT2D eigenvalue weighted by Gasteiger charge is 2.12. The largest absolute Gasteiger partial charge is 0.489 e. The van der Waals surface area contributed by atoms with Gasteiger partial charge in [0, 0.05) is 32.7 Å². The quantitative estimate of drug-likeness (QED) is 0.680. The highest BCUT2D eigenvalue weighted by Crippen LogP contribution is 2.16. The lowest BCUT2D eigenvalue weighted by Crippen LogP contribution is -2.45. The second kappa shape index (κ2) is 10.8. The molecule has 0 spiro atoms. The van der Waals surface area contributed by atoms with E-state index in [1.165, 1.54) is 44.7 Å². The molecule has 0 bridgehead atoms. The van der Waals surface area contributed by atoms with Crippen LogP contribution in [0.15, 0.2) is 48.5 Å². The molecule has 5 nitrogen and oxygen atoms in total. The standard InChI is InChI=1S/C23H30N4O/c1-26-11-13-27(14-12-26)10-4-9-25-18-21-6-3-8-23(16-21)28-19-22-7-2-5-20(15-22)17-24/h2-3,5-8,15-16,25H,4,9-14,18-19H2,1H3. The van der Waals surface area contributed by atoms with Crippen molar-refractivity contribution >= 4 is 0 Å². The predicted molar refractivity (Wildman–Crippen MR) is 112 cm³/mol. The third-order valence-electron chi connectivity index (χ3n) is 5.11. The van der Waals surface area contributed by atoms with E-state index in [4.69, 9.17) is 10.00 Å². The second-order valence-electron chi connectivity index (χ2n) is 7.42. The first-order valence-corrected chi connectivity index (χ1v) is 10.1.